The van der Waals surface area contributed by atoms with Gasteiger partial charge < -0.3 is 15.0 Å². The predicted molar refractivity (Wildman–Crippen MR) is 102 cm³/mol. The molecule has 0 aromatic carbocycles. The van der Waals surface area contributed by atoms with E-state index in [1.165, 1.54) is 0 Å². The van der Waals surface area contributed by atoms with Crippen LogP contribution in [-0.4, -0.2) is 54.8 Å². The molecule has 1 heterocycles. The lowest BCUT2D eigenvalue weighted by molar-refractivity contribution is -0.129. The summed E-state index contributed by atoms with van der Waals surface area (Å²) in [4.78, 5) is 36.5. The van der Waals surface area contributed by atoms with Gasteiger partial charge in [-0.15, -0.1) is 0 Å². The Morgan fingerprint density at radius 1 is 1.00 bits per heavy atom. The second-order valence-corrected chi connectivity index (χ2v) is 8.17. The summed E-state index contributed by atoms with van der Waals surface area (Å²) in [6, 6.07) is 0. The molecular weight excluding hydrogens is 332 g/mol. The van der Waals surface area contributed by atoms with Crippen LogP contribution in [0.3, 0.4) is 0 Å². The monoisotopic (exact) mass is 368 g/mol. The Hall–Kier alpha value is -1.43. The Morgan fingerprint density at radius 3 is 2.04 bits per heavy atom. The first kappa shape index (κ1) is 22.6. The average molecular weight is 369 g/mol. The standard InChI is InChI=1S/C20H36N2O4/c1-16(23)19(3,4)12-10-8-6-7-9-11-13-26-18(25)22-14-20(15-22,21-5)17(2)24/h21H,6-15H2,1-5H3. The lowest BCUT2D eigenvalue weighted by Crippen LogP contribution is -2.73. The molecule has 0 aromatic rings. The van der Waals surface area contributed by atoms with Crippen LogP contribution < -0.4 is 5.32 Å². The molecule has 0 spiro atoms. The minimum Gasteiger partial charge on any atom is -0.449 e. The third-order valence-corrected chi connectivity index (χ3v) is 5.71. The largest absolute Gasteiger partial charge is 0.449 e. The summed E-state index contributed by atoms with van der Waals surface area (Å²) in [6.07, 6.45) is 7.01. The number of hydrogen-bond donors (Lipinski definition) is 1. The van der Waals surface area contributed by atoms with Gasteiger partial charge in [-0.3, -0.25) is 9.59 Å². The van der Waals surface area contributed by atoms with E-state index in [0.29, 0.717) is 19.7 Å². The molecule has 26 heavy (non-hydrogen) atoms. The number of ether oxygens (including phenoxy) is 1. The number of unbranched alkanes of at least 4 members (excludes halogenated alkanes) is 5. The number of amides is 1. The van der Waals surface area contributed by atoms with Crippen LogP contribution in [0.2, 0.25) is 0 Å². The molecule has 1 aliphatic heterocycles. The zero-order valence-corrected chi connectivity index (χ0v) is 17.2. The number of likely N-dealkylation sites (tertiary alicyclic amines) is 1. The smallest absolute Gasteiger partial charge is 0.409 e. The summed E-state index contributed by atoms with van der Waals surface area (Å²) in [5.41, 5.74) is -0.783. The Balaban J connectivity index is 2.01. The van der Waals surface area contributed by atoms with Crippen molar-refractivity contribution in [1.82, 2.24) is 10.2 Å². The van der Waals surface area contributed by atoms with E-state index in [1.54, 1.807) is 25.8 Å². The molecule has 0 atom stereocenters. The van der Waals surface area contributed by atoms with E-state index >= 15 is 0 Å². The van der Waals surface area contributed by atoms with Gasteiger partial charge in [0.1, 0.15) is 11.3 Å². The van der Waals surface area contributed by atoms with Gasteiger partial charge >= 0.3 is 6.09 Å². The highest BCUT2D eigenvalue weighted by atomic mass is 16.6. The lowest BCUT2D eigenvalue weighted by Gasteiger charge is -2.47. The summed E-state index contributed by atoms with van der Waals surface area (Å²) in [5, 5.41) is 3.00. The molecular formula is C20H36N2O4. The molecule has 1 fully saturated rings. The van der Waals surface area contributed by atoms with E-state index in [4.69, 9.17) is 4.74 Å². The van der Waals surface area contributed by atoms with Gasteiger partial charge in [-0.25, -0.2) is 4.79 Å². The topological polar surface area (TPSA) is 75.7 Å². The van der Waals surface area contributed by atoms with Crippen molar-refractivity contribution in [1.29, 1.82) is 0 Å². The second-order valence-electron chi connectivity index (χ2n) is 8.17. The number of Topliss-reactive ketones (excluding diaryl/α,β-unsaturated/α-hetero) is 2. The fraction of sp³-hybridized carbons (Fsp3) is 0.850. The number of ketones is 2. The van der Waals surface area contributed by atoms with Crippen LogP contribution in [0, 0.1) is 5.41 Å². The van der Waals surface area contributed by atoms with Crippen molar-refractivity contribution in [3.8, 4) is 0 Å². The van der Waals surface area contributed by atoms with Gasteiger partial charge in [-0.05, 0) is 33.7 Å². The number of hydrogen-bond acceptors (Lipinski definition) is 5. The van der Waals surface area contributed by atoms with Crippen molar-refractivity contribution in [2.24, 2.45) is 5.41 Å². The SMILES string of the molecule is CNC1(C(C)=O)CN(C(=O)OCCCCCCCCC(C)(C)C(C)=O)C1. The van der Waals surface area contributed by atoms with E-state index < -0.39 is 5.54 Å². The average Bonchev–Trinajstić information content (AvgIpc) is 2.52. The molecule has 0 radical (unpaired) electrons. The van der Waals surface area contributed by atoms with Crippen LogP contribution in [0.4, 0.5) is 4.79 Å². The van der Waals surface area contributed by atoms with E-state index in [2.05, 4.69) is 5.32 Å². The van der Waals surface area contributed by atoms with Crippen LogP contribution >= 0.6 is 0 Å². The zero-order valence-electron chi connectivity index (χ0n) is 17.2. The van der Waals surface area contributed by atoms with Crippen molar-refractivity contribution < 1.29 is 19.1 Å². The van der Waals surface area contributed by atoms with Crippen LogP contribution in [0.1, 0.15) is 72.6 Å². The number of carbonyl (C=O) groups excluding carboxylic acids is 3. The zero-order chi connectivity index (χ0) is 19.8. The first-order valence-electron chi connectivity index (χ1n) is 9.77. The summed E-state index contributed by atoms with van der Waals surface area (Å²) in [7, 11) is 1.74. The molecule has 0 aromatic heterocycles. The third kappa shape index (κ3) is 6.38. The van der Waals surface area contributed by atoms with Crippen molar-refractivity contribution in [3.05, 3.63) is 0 Å². The maximum atomic E-state index is 11.9. The Kier molecular flexibility index (Phi) is 8.74. The normalized spacial score (nSPS) is 16.1. The lowest BCUT2D eigenvalue weighted by atomic mass is 9.83. The number of nitrogens with one attached hydrogen (secondary N) is 1. The highest BCUT2D eigenvalue weighted by Crippen LogP contribution is 2.25. The van der Waals surface area contributed by atoms with Gasteiger partial charge in [0.05, 0.1) is 19.7 Å². The fourth-order valence-corrected chi connectivity index (χ4v) is 3.09. The highest BCUT2D eigenvalue weighted by Gasteiger charge is 2.48. The molecule has 0 unspecified atom stereocenters. The van der Waals surface area contributed by atoms with Gasteiger partial charge in [-0.1, -0.05) is 46.0 Å². The van der Waals surface area contributed by atoms with Gasteiger partial charge in [0.25, 0.3) is 0 Å². The van der Waals surface area contributed by atoms with Gasteiger partial charge in [0.15, 0.2) is 5.78 Å². The maximum absolute atomic E-state index is 11.9. The molecule has 1 rings (SSSR count). The van der Waals surface area contributed by atoms with E-state index in [9.17, 15) is 14.4 Å². The predicted octanol–water partition coefficient (Wildman–Crippen LogP) is 3.33. The Morgan fingerprint density at radius 2 is 1.54 bits per heavy atom. The molecule has 1 N–H and O–H groups in total. The van der Waals surface area contributed by atoms with Crippen LogP contribution in [0.5, 0.6) is 0 Å². The molecule has 0 saturated carbocycles. The third-order valence-electron chi connectivity index (χ3n) is 5.71. The highest BCUT2D eigenvalue weighted by molar-refractivity contribution is 5.90. The maximum Gasteiger partial charge on any atom is 0.409 e. The molecule has 1 aliphatic rings. The number of rotatable bonds is 12. The minimum absolute atomic E-state index is 0.0516. The molecule has 1 saturated heterocycles. The van der Waals surface area contributed by atoms with Crippen molar-refractivity contribution >= 4 is 17.7 Å². The number of nitrogens with zero attached hydrogens (tertiary/aromatic N) is 1. The van der Waals surface area contributed by atoms with E-state index in [-0.39, 0.29) is 23.1 Å². The molecule has 0 bridgehead atoms. The van der Waals surface area contributed by atoms with Crippen molar-refractivity contribution in [3.63, 3.8) is 0 Å². The molecule has 1 amide bonds. The van der Waals surface area contributed by atoms with Crippen LogP contribution in [0.25, 0.3) is 0 Å². The van der Waals surface area contributed by atoms with Crippen molar-refractivity contribution in [2.75, 3.05) is 26.7 Å². The number of carbonyl (C=O) groups is 3. The van der Waals surface area contributed by atoms with E-state index in [0.717, 1.165) is 44.9 Å². The van der Waals surface area contributed by atoms with Gasteiger partial charge in [0, 0.05) is 5.41 Å². The summed E-state index contributed by atoms with van der Waals surface area (Å²) >= 11 is 0. The van der Waals surface area contributed by atoms with Gasteiger partial charge in [0.2, 0.25) is 0 Å². The summed E-state index contributed by atoms with van der Waals surface area (Å²) in [5.74, 6) is 0.313. The molecule has 6 heteroatoms. The minimum atomic E-state index is -0.587. The Bertz CT molecular complexity index is 496. The molecule has 150 valence electrons. The molecule has 0 aliphatic carbocycles. The first-order chi connectivity index (χ1) is 12.1. The van der Waals surface area contributed by atoms with Crippen LogP contribution in [-0.2, 0) is 14.3 Å². The van der Waals surface area contributed by atoms with Crippen LogP contribution in [0.15, 0.2) is 0 Å². The summed E-state index contributed by atoms with van der Waals surface area (Å²) in [6.45, 7) is 8.43. The first-order valence-corrected chi connectivity index (χ1v) is 9.77. The number of likely N-dealkylation sites (N-methyl/N-ethyl adjacent to an activating group) is 1. The van der Waals surface area contributed by atoms with Gasteiger partial charge in [-0.2, -0.15) is 0 Å². The fourth-order valence-electron chi connectivity index (χ4n) is 3.09. The quantitative estimate of drug-likeness (QED) is 0.535. The second kappa shape index (κ2) is 10.0. The van der Waals surface area contributed by atoms with E-state index in [1.807, 2.05) is 13.8 Å². The Labute approximate surface area is 158 Å². The molecule has 6 nitrogen and oxygen atoms in total. The summed E-state index contributed by atoms with van der Waals surface area (Å²) < 4.78 is 5.27. The van der Waals surface area contributed by atoms with Crippen molar-refractivity contribution in [2.45, 2.75) is 78.2 Å².